The lowest BCUT2D eigenvalue weighted by molar-refractivity contribution is 0.294. The monoisotopic (exact) mass is 292 g/mol. The first-order valence-electron chi connectivity index (χ1n) is 9.96. The van der Waals surface area contributed by atoms with E-state index in [0.717, 1.165) is 17.8 Å². The maximum Gasteiger partial charge on any atom is -0.0233 e. The molecule has 0 nitrogen and oxygen atoms in total. The highest BCUT2D eigenvalue weighted by Crippen LogP contribution is 2.32. The van der Waals surface area contributed by atoms with Gasteiger partial charge in [0.15, 0.2) is 0 Å². The van der Waals surface area contributed by atoms with E-state index >= 15 is 0 Å². The van der Waals surface area contributed by atoms with Gasteiger partial charge in [-0.2, -0.15) is 0 Å². The Bertz CT molecular complexity index is 245. The zero-order valence-electron chi connectivity index (χ0n) is 15.1. The number of unbranched alkanes of at least 4 members (excludes halogenated alkanes) is 2. The predicted molar refractivity (Wildman–Crippen MR) is 96.7 cm³/mol. The van der Waals surface area contributed by atoms with Crippen molar-refractivity contribution < 1.29 is 0 Å². The number of allylic oxidation sites excluding steroid dienone is 2. The third-order valence-electron chi connectivity index (χ3n) is 5.53. The Hall–Kier alpha value is -0.260. The van der Waals surface area contributed by atoms with E-state index in [4.69, 9.17) is 0 Å². The molecule has 1 unspecified atom stereocenters. The van der Waals surface area contributed by atoms with E-state index in [1.165, 1.54) is 83.5 Å². The summed E-state index contributed by atoms with van der Waals surface area (Å²) in [5, 5.41) is 0. The molecule has 0 aromatic rings. The fourth-order valence-corrected chi connectivity index (χ4v) is 3.93. The summed E-state index contributed by atoms with van der Waals surface area (Å²) in [4.78, 5) is 0. The van der Waals surface area contributed by atoms with Crippen molar-refractivity contribution in [1.29, 1.82) is 0 Å². The van der Waals surface area contributed by atoms with Crippen molar-refractivity contribution in [1.82, 2.24) is 0 Å². The minimum atomic E-state index is 0.901. The van der Waals surface area contributed by atoms with E-state index in [9.17, 15) is 0 Å². The molecule has 1 aliphatic carbocycles. The summed E-state index contributed by atoms with van der Waals surface area (Å²) in [6.07, 6.45) is 23.6. The second kappa shape index (κ2) is 12.3. The SMILES string of the molecule is CCCCCC(CC)CC/C=C/C1CCC(CCC)CC1. The Morgan fingerprint density at radius 3 is 2.29 bits per heavy atom. The van der Waals surface area contributed by atoms with Crippen LogP contribution in [0.5, 0.6) is 0 Å². The predicted octanol–water partition coefficient (Wildman–Crippen LogP) is 7.54. The van der Waals surface area contributed by atoms with Gasteiger partial charge in [0, 0.05) is 0 Å². The first kappa shape index (κ1) is 18.8. The first-order chi connectivity index (χ1) is 10.3. The third-order valence-corrected chi connectivity index (χ3v) is 5.53. The topological polar surface area (TPSA) is 0 Å². The fraction of sp³-hybridized carbons (Fsp3) is 0.905. The standard InChI is InChI=1S/C21H40/c1-4-7-8-12-19(6-3)13-9-10-14-21-17-15-20(11-5-2)16-18-21/h10,14,19-21H,4-9,11-13,15-18H2,1-3H3/b14-10+. The van der Waals surface area contributed by atoms with Crippen LogP contribution in [0.3, 0.4) is 0 Å². The highest BCUT2D eigenvalue weighted by Gasteiger charge is 2.18. The van der Waals surface area contributed by atoms with Crippen molar-refractivity contribution in [3.8, 4) is 0 Å². The lowest BCUT2D eigenvalue weighted by Gasteiger charge is -2.26. The molecule has 0 amide bonds. The maximum atomic E-state index is 2.56. The van der Waals surface area contributed by atoms with Crippen molar-refractivity contribution in [3.05, 3.63) is 12.2 Å². The molecular formula is C21H40. The van der Waals surface area contributed by atoms with Crippen LogP contribution in [0.1, 0.15) is 104 Å². The molecule has 0 saturated heterocycles. The molecule has 21 heavy (non-hydrogen) atoms. The zero-order valence-corrected chi connectivity index (χ0v) is 15.1. The minimum absolute atomic E-state index is 0.901. The maximum absolute atomic E-state index is 2.56. The van der Waals surface area contributed by atoms with E-state index in [1.807, 2.05) is 0 Å². The first-order valence-corrected chi connectivity index (χ1v) is 9.96. The molecule has 0 bridgehead atoms. The van der Waals surface area contributed by atoms with E-state index < -0.39 is 0 Å². The Labute approximate surface area is 134 Å². The van der Waals surface area contributed by atoms with Crippen LogP contribution in [0.15, 0.2) is 12.2 Å². The van der Waals surface area contributed by atoms with E-state index in [0.29, 0.717) is 0 Å². The molecule has 1 atom stereocenters. The van der Waals surface area contributed by atoms with Gasteiger partial charge in [-0.3, -0.25) is 0 Å². The van der Waals surface area contributed by atoms with Crippen LogP contribution in [0.4, 0.5) is 0 Å². The Morgan fingerprint density at radius 2 is 1.67 bits per heavy atom. The molecule has 0 radical (unpaired) electrons. The molecule has 0 heteroatoms. The molecule has 0 spiro atoms. The molecule has 0 heterocycles. The number of hydrogen-bond donors (Lipinski definition) is 0. The van der Waals surface area contributed by atoms with Crippen LogP contribution in [0.25, 0.3) is 0 Å². The van der Waals surface area contributed by atoms with Crippen LogP contribution in [-0.4, -0.2) is 0 Å². The van der Waals surface area contributed by atoms with Crippen molar-refractivity contribution in [3.63, 3.8) is 0 Å². The van der Waals surface area contributed by atoms with Crippen LogP contribution < -0.4 is 0 Å². The molecule has 1 rings (SSSR count). The number of rotatable bonds is 11. The summed E-state index contributed by atoms with van der Waals surface area (Å²) >= 11 is 0. The fourth-order valence-electron chi connectivity index (χ4n) is 3.93. The second-order valence-corrected chi connectivity index (χ2v) is 7.35. The van der Waals surface area contributed by atoms with Crippen molar-refractivity contribution >= 4 is 0 Å². The van der Waals surface area contributed by atoms with Gasteiger partial charge in [0.05, 0.1) is 0 Å². The summed E-state index contributed by atoms with van der Waals surface area (Å²) in [5.74, 6) is 2.92. The van der Waals surface area contributed by atoms with E-state index in [2.05, 4.69) is 32.9 Å². The smallest absolute Gasteiger partial charge is 0.0233 e. The summed E-state index contributed by atoms with van der Waals surface area (Å²) in [5.41, 5.74) is 0. The van der Waals surface area contributed by atoms with Crippen molar-refractivity contribution in [2.24, 2.45) is 17.8 Å². The molecule has 0 aliphatic heterocycles. The van der Waals surface area contributed by atoms with Gasteiger partial charge >= 0.3 is 0 Å². The largest absolute Gasteiger partial charge is 0.0882 e. The normalized spacial score (nSPS) is 24.5. The summed E-state index contributed by atoms with van der Waals surface area (Å²) in [7, 11) is 0. The molecule has 0 N–H and O–H groups in total. The van der Waals surface area contributed by atoms with Gasteiger partial charge in [0.2, 0.25) is 0 Å². The van der Waals surface area contributed by atoms with Gasteiger partial charge < -0.3 is 0 Å². The molecule has 1 saturated carbocycles. The van der Waals surface area contributed by atoms with Crippen LogP contribution in [0.2, 0.25) is 0 Å². The van der Waals surface area contributed by atoms with Crippen molar-refractivity contribution in [2.45, 2.75) is 104 Å². The van der Waals surface area contributed by atoms with Gasteiger partial charge in [0.25, 0.3) is 0 Å². The molecular weight excluding hydrogens is 252 g/mol. The summed E-state index contributed by atoms with van der Waals surface area (Å²) in [6, 6.07) is 0. The summed E-state index contributed by atoms with van der Waals surface area (Å²) in [6.45, 7) is 7.00. The van der Waals surface area contributed by atoms with Crippen LogP contribution in [-0.2, 0) is 0 Å². The second-order valence-electron chi connectivity index (χ2n) is 7.35. The van der Waals surface area contributed by atoms with Crippen LogP contribution >= 0.6 is 0 Å². The molecule has 0 aromatic carbocycles. The highest BCUT2D eigenvalue weighted by atomic mass is 14.2. The molecule has 124 valence electrons. The molecule has 0 aromatic heterocycles. The zero-order chi connectivity index (χ0) is 15.3. The lowest BCUT2D eigenvalue weighted by atomic mass is 9.80. The molecule has 1 aliphatic rings. The van der Waals surface area contributed by atoms with Gasteiger partial charge in [-0.05, 0) is 56.3 Å². The quantitative estimate of drug-likeness (QED) is 0.272. The Kier molecular flexibility index (Phi) is 11.0. The van der Waals surface area contributed by atoms with Crippen molar-refractivity contribution in [2.75, 3.05) is 0 Å². The minimum Gasteiger partial charge on any atom is -0.0882 e. The Balaban J connectivity index is 2.11. The Morgan fingerprint density at radius 1 is 0.905 bits per heavy atom. The average molecular weight is 293 g/mol. The number of hydrogen-bond acceptors (Lipinski definition) is 0. The van der Waals surface area contributed by atoms with E-state index in [1.54, 1.807) is 0 Å². The molecule has 1 fully saturated rings. The van der Waals surface area contributed by atoms with Gasteiger partial charge in [-0.15, -0.1) is 0 Å². The van der Waals surface area contributed by atoms with E-state index in [-0.39, 0.29) is 0 Å². The lowest BCUT2D eigenvalue weighted by Crippen LogP contribution is -2.12. The van der Waals surface area contributed by atoms with Gasteiger partial charge in [0.1, 0.15) is 0 Å². The average Bonchev–Trinajstić information content (AvgIpc) is 2.51. The van der Waals surface area contributed by atoms with Gasteiger partial charge in [-0.25, -0.2) is 0 Å². The highest BCUT2D eigenvalue weighted by molar-refractivity contribution is 4.91. The third kappa shape index (κ3) is 8.69. The van der Waals surface area contributed by atoms with Gasteiger partial charge in [-0.1, -0.05) is 77.9 Å². The summed E-state index contributed by atoms with van der Waals surface area (Å²) < 4.78 is 0. The van der Waals surface area contributed by atoms with Crippen LogP contribution in [0, 0.1) is 17.8 Å².